The van der Waals surface area contributed by atoms with Gasteiger partial charge in [-0.3, -0.25) is 0 Å². The van der Waals surface area contributed by atoms with Crippen molar-refractivity contribution >= 4 is 17.4 Å². The SMILES string of the molecule is Cc1cccc(CNc2cc(C)nc(Cl)n2)c1. The highest BCUT2D eigenvalue weighted by Crippen LogP contribution is 2.11. The van der Waals surface area contributed by atoms with Gasteiger partial charge in [-0.15, -0.1) is 0 Å². The number of benzene rings is 1. The zero-order chi connectivity index (χ0) is 12.3. The summed E-state index contributed by atoms with van der Waals surface area (Å²) in [6, 6.07) is 10.2. The van der Waals surface area contributed by atoms with Gasteiger partial charge in [0, 0.05) is 18.3 Å². The maximum absolute atomic E-state index is 5.79. The lowest BCUT2D eigenvalue weighted by molar-refractivity contribution is 1.05. The van der Waals surface area contributed by atoms with E-state index in [-0.39, 0.29) is 5.28 Å². The summed E-state index contributed by atoms with van der Waals surface area (Å²) >= 11 is 5.79. The Morgan fingerprint density at radius 2 is 2.00 bits per heavy atom. The first kappa shape index (κ1) is 11.9. The molecule has 17 heavy (non-hydrogen) atoms. The van der Waals surface area contributed by atoms with Crippen LogP contribution in [0.15, 0.2) is 30.3 Å². The number of rotatable bonds is 3. The number of hydrogen-bond donors (Lipinski definition) is 1. The quantitative estimate of drug-likeness (QED) is 0.846. The van der Waals surface area contributed by atoms with Gasteiger partial charge >= 0.3 is 0 Å². The van der Waals surface area contributed by atoms with Crippen LogP contribution in [-0.4, -0.2) is 9.97 Å². The van der Waals surface area contributed by atoms with Crippen molar-refractivity contribution in [2.75, 3.05) is 5.32 Å². The van der Waals surface area contributed by atoms with E-state index in [9.17, 15) is 0 Å². The predicted octanol–water partition coefficient (Wildman–Crippen LogP) is 3.36. The van der Waals surface area contributed by atoms with Crippen molar-refractivity contribution in [1.29, 1.82) is 0 Å². The second kappa shape index (κ2) is 5.15. The third-order valence-electron chi connectivity index (χ3n) is 2.38. The van der Waals surface area contributed by atoms with Crippen LogP contribution in [0.3, 0.4) is 0 Å². The Labute approximate surface area is 106 Å². The molecule has 0 aliphatic heterocycles. The molecule has 0 amide bonds. The molecule has 0 aliphatic carbocycles. The van der Waals surface area contributed by atoms with Gasteiger partial charge < -0.3 is 5.32 Å². The maximum Gasteiger partial charge on any atom is 0.224 e. The van der Waals surface area contributed by atoms with E-state index in [0.29, 0.717) is 0 Å². The molecule has 88 valence electrons. The summed E-state index contributed by atoms with van der Waals surface area (Å²) in [4.78, 5) is 8.13. The molecule has 1 aromatic heterocycles. The second-order valence-corrected chi connectivity index (χ2v) is 4.34. The highest BCUT2D eigenvalue weighted by Gasteiger charge is 2.00. The number of nitrogens with one attached hydrogen (secondary N) is 1. The first-order valence-corrected chi connectivity index (χ1v) is 5.82. The van der Waals surface area contributed by atoms with Crippen LogP contribution in [0, 0.1) is 13.8 Å². The third-order valence-corrected chi connectivity index (χ3v) is 2.55. The number of anilines is 1. The van der Waals surface area contributed by atoms with Crippen LogP contribution < -0.4 is 5.32 Å². The van der Waals surface area contributed by atoms with E-state index in [2.05, 4.69) is 40.4 Å². The highest BCUT2D eigenvalue weighted by molar-refractivity contribution is 6.28. The Balaban J connectivity index is 2.07. The standard InChI is InChI=1S/C13H14ClN3/c1-9-4-3-5-11(6-9)8-15-12-7-10(2)16-13(14)17-12/h3-7H,8H2,1-2H3,(H,15,16,17). The van der Waals surface area contributed by atoms with E-state index in [1.807, 2.05) is 19.1 Å². The fourth-order valence-electron chi connectivity index (χ4n) is 1.64. The van der Waals surface area contributed by atoms with Crippen LogP contribution in [0.2, 0.25) is 5.28 Å². The molecular formula is C13H14ClN3. The van der Waals surface area contributed by atoms with Crippen molar-refractivity contribution in [3.63, 3.8) is 0 Å². The van der Waals surface area contributed by atoms with E-state index in [1.54, 1.807) is 0 Å². The van der Waals surface area contributed by atoms with E-state index >= 15 is 0 Å². The van der Waals surface area contributed by atoms with Gasteiger partial charge in [-0.1, -0.05) is 29.8 Å². The summed E-state index contributed by atoms with van der Waals surface area (Å²) in [6.07, 6.45) is 0. The monoisotopic (exact) mass is 247 g/mol. The smallest absolute Gasteiger partial charge is 0.224 e. The molecule has 2 rings (SSSR count). The number of hydrogen-bond acceptors (Lipinski definition) is 3. The van der Waals surface area contributed by atoms with E-state index < -0.39 is 0 Å². The average molecular weight is 248 g/mol. The summed E-state index contributed by atoms with van der Waals surface area (Å²) in [5.74, 6) is 0.754. The van der Waals surface area contributed by atoms with Crippen LogP contribution in [-0.2, 0) is 6.54 Å². The highest BCUT2D eigenvalue weighted by atomic mass is 35.5. The maximum atomic E-state index is 5.79. The Morgan fingerprint density at radius 1 is 1.18 bits per heavy atom. The molecule has 0 saturated heterocycles. The van der Waals surface area contributed by atoms with Crippen molar-refractivity contribution < 1.29 is 0 Å². The fourth-order valence-corrected chi connectivity index (χ4v) is 1.86. The van der Waals surface area contributed by atoms with E-state index in [0.717, 1.165) is 18.1 Å². The molecule has 0 bridgehead atoms. The molecule has 4 heteroatoms. The normalized spacial score (nSPS) is 10.3. The van der Waals surface area contributed by atoms with Gasteiger partial charge in [0.15, 0.2) is 0 Å². The van der Waals surface area contributed by atoms with Gasteiger partial charge in [0.2, 0.25) is 5.28 Å². The lowest BCUT2D eigenvalue weighted by atomic mass is 10.1. The fraction of sp³-hybridized carbons (Fsp3) is 0.231. The van der Waals surface area contributed by atoms with Crippen LogP contribution >= 0.6 is 11.6 Å². The Bertz CT molecular complexity index is 506. The van der Waals surface area contributed by atoms with Gasteiger partial charge in [-0.2, -0.15) is 0 Å². The topological polar surface area (TPSA) is 37.8 Å². The van der Waals surface area contributed by atoms with Gasteiger partial charge in [0.05, 0.1) is 0 Å². The minimum Gasteiger partial charge on any atom is -0.366 e. The molecule has 3 nitrogen and oxygen atoms in total. The van der Waals surface area contributed by atoms with Gasteiger partial charge in [-0.05, 0) is 31.0 Å². The molecule has 0 fully saturated rings. The minimum atomic E-state index is 0.275. The largest absolute Gasteiger partial charge is 0.366 e. The lowest BCUT2D eigenvalue weighted by Gasteiger charge is -2.07. The van der Waals surface area contributed by atoms with Gasteiger partial charge in [-0.25, -0.2) is 9.97 Å². The first-order chi connectivity index (χ1) is 8.13. The minimum absolute atomic E-state index is 0.275. The van der Waals surface area contributed by atoms with Crippen molar-refractivity contribution in [1.82, 2.24) is 9.97 Å². The van der Waals surface area contributed by atoms with Crippen LogP contribution in [0.1, 0.15) is 16.8 Å². The van der Waals surface area contributed by atoms with E-state index in [4.69, 9.17) is 11.6 Å². The number of aryl methyl sites for hydroxylation is 2. The van der Waals surface area contributed by atoms with Gasteiger partial charge in [0.25, 0.3) is 0 Å². The molecular weight excluding hydrogens is 234 g/mol. The summed E-state index contributed by atoms with van der Waals surface area (Å²) in [6.45, 7) is 4.70. The summed E-state index contributed by atoms with van der Waals surface area (Å²) < 4.78 is 0. The van der Waals surface area contributed by atoms with Crippen LogP contribution in [0.25, 0.3) is 0 Å². The predicted molar refractivity (Wildman–Crippen MR) is 70.3 cm³/mol. The van der Waals surface area contributed by atoms with Gasteiger partial charge in [0.1, 0.15) is 5.82 Å². The molecule has 1 aromatic carbocycles. The average Bonchev–Trinajstić information content (AvgIpc) is 2.25. The van der Waals surface area contributed by atoms with Crippen LogP contribution in [0.4, 0.5) is 5.82 Å². The Hall–Kier alpha value is -1.61. The molecule has 0 unspecified atom stereocenters. The molecule has 2 aromatic rings. The van der Waals surface area contributed by atoms with E-state index in [1.165, 1.54) is 11.1 Å². The van der Waals surface area contributed by atoms with Crippen LogP contribution in [0.5, 0.6) is 0 Å². The molecule has 0 aliphatic rings. The Morgan fingerprint density at radius 3 is 2.71 bits per heavy atom. The van der Waals surface area contributed by atoms with Crippen molar-refractivity contribution in [3.05, 3.63) is 52.4 Å². The summed E-state index contributed by atoms with van der Waals surface area (Å²) in [5, 5.41) is 3.51. The molecule has 0 radical (unpaired) electrons. The molecule has 0 atom stereocenters. The number of halogens is 1. The van der Waals surface area contributed by atoms with Crippen molar-refractivity contribution in [2.45, 2.75) is 20.4 Å². The first-order valence-electron chi connectivity index (χ1n) is 5.44. The third kappa shape index (κ3) is 3.43. The summed E-state index contributed by atoms with van der Waals surface area (Å²) in [5.41, 5.74) is 3.33. The molecule has 1 N–H and O–H groups in total. The molecule has 1 heterocycles. The second-order valence-electron chi connectivity index (χ2n) is 4.01. The Kier molecular flexibility index (Phi) is 3.59. The zero-order valence-electron chi connectivity index (χ0n) is 9.87. The number of aromatic nitrogens is 2. The summed E-state index contributed by atoms with van der Waals surface area (Å²) in [7, 11) is 0. The molecule has 0 saturated carbocycles. The zero-order valence-corrected chi connectivity index (χ0v) is 10.6. The van der Waals surface area contributed by atoms with Crippen molar-refractivity contribution in [3.8, 4) is 0 Å². The molecule has 0 spiro atoms. The number of nitrogens with zero attached hydrogens (tertiary/aromatic N) is 2. The van der Waals surface area contributed by atoms with Crippen molar-refractivity contribution in [2.24, 2.45) is 0 Å². The lowest BCUT2D eigenvalue weighted by Crippen LogP contribution is -2.03.